The highest BCUT2D eigenvalue weighted by Gasteiger charge is 2.27. The van der Waals surface area contributed by atoms with Crippen molar-refractivity contribution in [1.82, 2.24) is 9.97 Å². The van der Waals surface area contributed by atoms with Gasteiger partial charge < -0.3 is 20.2 Å². The highest BCUT2D eigenvalue weighted by atomic mass is 16.5. The number of nitrogens with two attached hydrogens (primary N) is 1. The number of nitrogens with zero attached hydrogens (tertiary/aromatic N) is 2. The van der Waals surface area contributed by atoms with E-state index in [1.54, 1.807) is 13.2 Å². The van der Waals surface area contributed by atoms with Gasteiger partial charge in [-0.2, -0.15) is 0 Å². The van der Waals surface area contributed by atoms with Crippen molar-refractivity contribution in [1.29, 1.82) is 0 Å². The maximum absolute atomic E-state index is 5.42. The van der Waals surface area contributed by atoms with Gasteiger partial charge in [0.15, 0.2) is 5.82 Å². The molecule has 0 bridgehead atoms. The molecule has 7 heteroatoms. The maximum atomic E-state index is 5.42. The number of rotatable bonds is 6. The van der Waals surface area contributed by atoms with Gasteiger partial charge in [-0.15, -0.1) is 0 Å². The molecule has 0 aliphatic carbocycles. The average Bonchev–Trinajstić information content (AvgIpc) is 2.46. The number of hydrogen-bond donors (Lipinski definition) is 3. The van der Waals surface area contributed by atoms with Crippen molar-refractivity contribution in [2.24, 2.45) is 11.3 Å². The summed E-state index contributed by atoms with van der Waals surface area (Å²) in [6.07, 6.45) is 2.11. The normalized spacial score (nSPS) is 17.8. The Morgan fingerprint density at radius 1 is 1.35 bits per heavy atom. The summed E-state index contributed by atoms with van der Waals surface area (Å²) in [7, 11) is 1.61. The number of hydrogen-bond acceptors (Lipinski definition) is 7. The molecule has 1 aromatic heterocycles. The predicted molar refractivity (Wildman–Crippen MR) is 77.2 cm³/mol. The molecule has 1 aromatic rings. The van der Waals surface area contributed by atoms with Crippen LogP contribution in [0.5, 0.6) is 0 Å². The summed E-state index contributed by atoms with van der Waals surface area (Å²) in [6.45, 7) is 5.12. The molecule has 2 heterocycles. The third kappa shape index (κ3) is 4.03. The topological polar surface area (TPSA) is 94.3 Å². The molecular weight excluding hydrogens is 258 g/mol. The van der Waals surface area contributed by atoms with Crippen molar-refractivity contribution in [2.75, 3.05) is 37.6 Å². The molecule has 0 unspecified atom stereocenters. The Bertz CT molecular complexity index is 435. The number of nitrogens with one attached hydrogen (secondary N) is 2. The zero-order valence-electron chi connectivity index (χ0n) is 12.1. The first-order valence-corrected chi connectivity index (χ1v) is 6.80. The fourth-order valence-corrected chi connectivity index (χ4v) is 2.20. The molecule has 0 aromatic carbocycles. The van der Waals surface area contributed by atoms with Crippen LogP contribution in [0.15, 0.2) is 6.07 Å². The lowest BCUT2D eigenvalue weighted by Crippen LogP contribution is -2.33. The number of hydrazine groups is 1. The molecule has 0 saturated carbocycles. The predicted octanol–water partition coefficient (Wildman–Crippen LogP) is 1.14. The molecule has 7 nitrogen and oxygen atoms in total. The van der Waals surface area contributed by atoms with Gasteiger partial charge >= 0.3 is 0 Å². The minimum Gasteiger partial charge on any atom is -0.381 e. The molecule has 1 aliphatic rings. The average molecular weight is 281 g/mol. The first-order chi connectivity index (χ1) is 9.65. The van der Waals surface area contributed by atoms with Crippen LogP contribution in [-0.4, -0.2) is 36.8 Å². The lowest BCUT2D eigenvalue weighted by molar-refractivity contribution is 0.0299. The van der Waals surface area contributed by atoms with Crippen LogP contribution in [0.4, 0.5) is 11.6 Å². The van der Waals surface area contributed by atoms with E-state index in [4.69, 9.17) is 15.3 Å². The van der Waals surface area contributed by atoms with Gasteiger partial charge in [-0.25, -0.2) is 15.8 Å². The van der Waals surface area contributed by atoms with Gasteiger partial charge in [0.1, 0.15) is 18.2 Å². The number of ether oxygens (including phenoxy) is 2. The summed E-state index contributed by atoms with van der Waals surface area (Å²) in [4.78, 5) is 8.63. The molecule has 20 heavy (non-hydrogen) atoms. The minimum absolute atomic E-state index is 0.237. The van der Waals surface area contributed by atoms with Gasteiger partial charge in [0.2, 0.25) is 0 Å². The monoisotopic (exact) mass is 281 g/mol. The van der Waals surface area contributed by atoms with Crippen LogP contribution >= 0.6 is 0 Å². The Morgan fingerprint density at radius 3 is 2.70 bits per heavy atom. The van der Waals surface area contributed by atoms with Crippen LogP contribution < -0.4 is 16.6 Å². The van der Waals surface area contributed by atoms with E-state index in [1.807, 2.05) is 0 Å². The summed E-state index contributed by atoms with van der Waals surface area (Å²) < 4.78 is 10.5. The smallest absolute Gasteiger partial charge is 0.158 e. The van der Waals surface area contributed by atoms with Crippen LogP contribution in [0.25, 0.3) is 0 Å². The lowest BCUT2D eigenvalue weighted by atomic mass is 9.82. The van der Waals surface area contributed by atoms with Crippen LogP contribution in [0, 0.1) is 5.41 Å². The minimum atomic E-state index is 0.237. The molecule has 4 N–H and O–H groups in total. The first kappa shape index (κ1) is 15.0. The zero-order valence-corrected chi connectivity index (χ0v) is 12.1. The SMILES string of the molecule is COCc1nc(NN)cc(NCC2(C)CCOCC2)n1. The third-order valence-corrected chi connectivity index (χ3v) is 3.59. The third-order valence-electron chi connectivity index (χ3n) is 3.59. The second-order valence-corrected chi connectivity index (χ2v) is 5.41. The Hall–Kier alpha value is -1.44. The quantitative estimate of drug-likeness (QED) is 0.531. The van der Waals surface area contributed by atoms with Crippen LogP contribution in [0.2, 0.25) is 0 Å². The van der Waals surface area contributed by atoms with Gasteiger partial charge in [0, 0.05) is 32.9 Å². The Balaban J connectivity index is 2.02. The van der Waals surface area contributed by atoms with E-state index in [2.05, 4.69) is 27.6 Å². The van der Waals surface area contributed by atoms with Crippen molar-refractivity contribution in [2.45, 2.75) is 26.4 Å². The van der Waals surface area contributed by atoms with Gasteiger partial charge in [-0.1, -0.05) is 6.92 Å². The number of aromatic nitrogens is 2. The highest BCUT2D eigenvalue weighted by Crippen LogP contribution is 2.29. The summed E-state index contributed by atoms with van der Waals surface area (Å²) in [5.41, 5.74) is 2.78. The second kappa shape index (κ2) is 6.83. The van der Waals surface area contributed by atoms with E-state index in [0.717, 1.165) is 38.4 Å². The molecule has 2 rings (SSSR count). The van der Waals surface area contributed by atoms with Crippen molar-refractivity contribution in [3.63, 3.8) is 0 Å². The van der Waals surface area contributed by atoms with Gasteiger partial charge in [-0.3, -0.25) is 0 Å². The van der Waals surface area contributed by atoms with E-state index in [9.17, 15) is 0 Å². The van der Waals surface area contributed by atoms with Gasteiger partial charge in [-0.05, 0) is 18.3 Å². The van der Waals surface area contributed by atoms with E-state index in [-0.39, 0.29) is 5.41 Å². The van der Waals surface area contributed by atoms with Crippen molar-refractivity contribution < 1.29 is 9.47 Å². The fourth-order valence-electron chi connectivity index (χ4n) is 2.20. The first-order valence-electron chi connectivity index (χ1n) is 6.80. The summed E-state index contributed by atoms with van der Waals surface area (Å²) >= 11 is 0. The van der Waals surface area contributed by atoms with E-state index >= 15 is 0 Å². The van der Waals surface area contributed by atoms with E-state index in [0.29, 0.717) is 18.2 Å². The molecule has 1 fully saturated rings. The molecule has 0 radical (unpaired) electrons. The number of methoxy groups -OCH3 is 1. The van der Waals surface area contributed by atoms with Crippen LogP contribution in [0.1, 0.15) is 25.6 Å². The van der Waals surface area contributed by atoms with E-state index in [1.165, 1.54) is 0 Å². The Morgan fingerprint density at radius 2 is 2.05 bits per heavy atom. The van der Waals surface area contributed by atoms with E-state index < -0.39 is 0 Å². The molecule has 1 aliphatic heterocycles. The number of nitrogen functional groups attached to an aromatic ring is 1. The van der Waals surface area contributed by atoms with Crippen LogP contribution in [-0.2, 0) is 16.1 Å². The summed E-state index contributed by atoms with van der Waals surface area (Å²) in [5, 5.41) is 3.37. The number of anilines is 2. The maximum Gasteiger partial charge on any atom is 0.158 e. The molecule has 0 atom stereocenters. The molecule has 0 spiro atoms. The highest BCUT2D eigenvalue weighted by molar-refractivity contribution is 5.46. The fraction of sp³-hybridized carbons (Fsp3) is 0.692. The van der Waals surface area contributed by atoms with Gasteiger partial charge in [0.25, 0.3) is 0 Å². The van der Waals surface area contributed by atoms with Gasteiger partial charge in [0.05, 0.1) is 0 Å². The molecular formula is C13H23N5O2. The zero-order chi connectivity index (χ0) is 14.4. The standard InChI is InChI=1S/C13H23N5O2/c1-13(3-5-20-6-4-13)9-15-10-7-11(18-14)17-12(16-10)8-19-2/h7H,3-6,8-9,14H2,1-2H3,(H2,15,16,17,18). The molecule has 0 amide bonds. The Labute approximate surface area is 119 Å². The van der Waals surface area contributed by atoms with Crippen LogP contribution in [0.3, 0.4) is 0 Å². The van der Waals surface area contributed by atoms with Crippen molar-refractivity contribution >= 4 is 11.6 Å². The largest absolute Gasteiger partial charge is 0.381 e. The summed E-state index contributed by atoms with van der Waals surface area (Å²) in [5.74, 6) is 7.36. The second-order valence-electron chi connectivity index (χ2n) is 5.41. The van der Waals surface area contributed by atoms with Crippen molar-refractivity contribution in [3.8, 4) is 0 Å². The Kier molecular flexibility index (Phi) is 5.11. The molecule has 112 valence electrons. The lowest BCUT2D eigenvalue weighted by Gasteiger charge is -2.33. The summed E-state index contributed by atoms with van der Waals surface area (Å²) in [6, 6.07) is 1.79. The van der Waals surface area contributed by atoms with Crippen molar-refractivity contribution in [3.05, 3.63) is 11.9 Å². The molecule has 1 saturated heterocycles.